The monoisotopic (exact) mass is 417 g/mol. The fraction of sp³-hybridized carbons (Fsp3) is 0.192. The maximum Gasteiger partial charge on any atom is 0.164 e. The molecule has 1 fully saturated rings. The van der Waals surface area contributed by atoms with Crippen molar-refractivity contribution in [2.75, 3.05) is 0 Å². The van der Waals surface area contributed by atoms with E-state index in [0.717, 1.165) is 6.29 Å². The summed E-state index contributed by atoms with van der Waals surface area (Å²) in [4.78, 5) is 11.6. The summed E-state index contributed by atoms with van der Waals surface area (Å²) in [6.45, 7) is 3.68. The SMILES string of the molecule is CC1(C)OC(C=O)C(/C=C/[P+](c2ccccc2)(c2ccccc2)c2ccccc2)O1. The van der Waals surface area contributed by atoms with Crippen LogP contribution in [0.15, 0.2) is 103 Å². The maximum absolute atomic E-state index is 11.6. The molecule has 30 heavy (non-hydrogen) atoms. The van der Waals surface area contributed by atoms with Crippen molar-refractivity contribution in [3.8, 4) is 0 Å². The molecule has 1 saturated heterocycles. The lowest BCUT2D eigenvalue weighted by Crippen LogP contribution is -2.30. The van der Waals surface area contributed by atoms with E-state index < -0.39 is 25.3 Å². The van der Waals surface area contributed by atoms with Crippen LogP contribution in [-0.2, 0) is 14.3 Å². The van der Waals surface area contributed by atoms with Crippen molar-refractivity contribution in [1.82, 2.24) is 0 Å². The number of benzene rings is 3. The number of hydrogen-bond acceptors (Lipinski definition) is 3. The average molecular weight is 417 g/mol. The molecule has 0 spiro atoms. The van der Waals surface area contributed by atoms with E-state index in [9.17, 15) is 4.79 Å². The topological polar surface area (TPSA) is 35.5 Å². The second kappa shape index (κ2) is 8.65. The summed E-state index contributed by atoms with van der Waals surface area (Å²) in [7, 11) is -2.12. The van der Waals surface area contributed by atoms with Gasteiger partial charge in [0.1, 0.15) is 35.4 Å². The van der Waals surface area contributed by atoms with Gasteiger partial charge in [0.15, 0.2) is 12.1 Å². The van der Waals surface area contributed by atoms with Gasteiger partial charge in [-0.1, -0.05) is 54.6 Å². The van der Waals surface area contributed by atoms with Gasteiger partial charge in [-0.3, -0.25) is 0 Å². The van der Waals surface area contributed by atoms with Gasteiger partial charge in [0.2, 0.25) is 0 Å². The highest BCUT2D eigenvalue weighted by molar-refractivity contribution is 7.98. The predicted molar refractivity (Wildman–Crippen MR) is 124 cm³/mol. The third-order valence-corrected chi connectivity index (χ3v) is 9.24. The first-order valence-corrected chi connectivity index (χ1v) is 12.0. The normalized spacial score (nSPS) is 21.0. The van der Waals surface area contributed by atoms with Crippen molar-refractivity contribution < 1.29 is 14.3 Å². The smallest absolute Gasteiger partial charge is 0.164 e. The van der Waals surface area contributed by atoms with Crippen LogP contribution in [0.3, 0.4) is 0 Å². The minimum atomic E-state index is -2.12. The maximum atomic E-state index is 11.6. The molecule has 1 aliphatic heterocycles. The van der Waals surface area contributed by atoms with Crippen LogP contribution in [0.1, 0.15) is 13.8 Å². The molecular formula is C26H26O3P+. The zero-order valence-corrected chi connectivity index (χ0v) is 18.1. The minimum absolute atomic E-state index is 0.423. The van der Waals surface area contributed by atoms with Crippen molar-refractivity contribution in [2.45, 2.75) is 31.8 Å². The minimum Gasteiger partial charge on any atom is -0.340 e. The molecule has 1 aliphatic rings. The van der Waals surface area contributed by atoms with Crippen molar-refractivity contribution in [2.24, 2.45) is 0 Å². The Morgan fingerprint density at radius 2 is 1.10 bits per heavy atom. The van der Waals surface area contributed by atoms with Crippen molar-refractivity contribution in [1.29, 1.82) is 0 Å². The molecule has 4 heteroatoms. The number of rotatable bonds is 6. The molecule has 4 rings (SSSR count). The molecule has 0 aliphatic carbocycles. The molecule has 3 nitrogen and oxygen atoms in total. The van der Waals surface area contributed by atoms with Crippen LogP contribution in [0, 0.1) is 0 Å². The highest BCUT2D eigenvalue weighted by Crippen LogP contribution is 2.57. The second-order valence-electron chi connectivity index (χ2n) is 7.77. The second-order valence-corrected chi connectivity index (χ2v) is 11.1. The molecule has 2 unspecified atom stereocenters. The summed E-state index contributed by atoms with van der Waals surface area (Å²) >= 11 is 0. The molecule has 2 atom stereocenters. The van der Waals surface area contributed by atoms with Gasteiger partial charge in [-0.25, -0.2) is 0 Å². The van der Waals surface area contributed by atoms with Crippen LogP contribution >= 0.6 is 7.26 Å². The van der Waals surface area contributed by atoms with Gasteiger partial charge in [-0.15, -0.1) is 0 Å². The Hall–Kier alpha value is -2.58. The Kier molecular flexibility index (Phi) is 5.97. The molecule has 0 N–H and O–H groups in total. The lowest BCUT2D eigenvalue weighted by molar-refractivity contribution is -0.148. The van der Waals surface area contributed by atoms with E-state index >= 15 is 0 Å². The van der Waals surface area contributed by atoms with Gasteiger partial charge < -0.3 is 14.3 Å². The van der Waals surface area contributed by atoms with Gasteiger partial charge in [-0.2, -0.15) is 0 Å². The Morgan fingerprint density at radius 1 is 0.700 bits per heavy atom. The van der Waals surface area contributed by atoms with Gasteiger partial charge in [-0.05, 0) is 56.3 Å². The van der Waals surface area contributed by atoms with Crippen LogP contribution in [0.25, 0.3) is 0 Å². The van der Waals surface area contributed by atoms with Crippen LogP contribution in [0.5, 0.6) is 0 Å². The van der Waals surface area contributed by atoms with Crippen LogP contribution in [-0.4, -0.2) is 24.3 Å². The van der Waals surface area contributed by atoms with Crippen LogP contribution in [0.4, 0.5) is 0 Å². The summed E-state index contributed by atoms with van der Waals surface area (Å²) in [6.07, 6.45) is 1.82. The van der Waals surface area contributed by atoms with E-state index in [4.69, 9.17) is 9.47 Å². The fourth-order valence-electron chi connectivity index (χ4n) is 3.98. The van der Waals surface area contributed by atoms with E-state index in [2.05, 4.69) is 78.6 Å². The van der Waals surface area contributed by atoms with E-state index in [-0.39, 0.29) is 0 Å². The number of ether oxygens (including phenoxy) is 2. The van der Waals surface area contributed by atoms with Gasteiger partial charge in [0, 0.05) is 0 Å². The Bertz CT molecular complexity index is 904. The first-order valence-electron chi connectivity index (χ1n) is 10.1. The molecule has 0 radical (unpaired) electrons. The standard InChI is InChI=1S/C26H26O3P/c1-26(2)28-24(25(20-27)29-26)18-19-30(21-12-6-3-7-13-21,22-14-8-4-9-15-22)23-16-10-5-11-17-23/h3-20,24-25H,1-2H3/q+1/b19-18+. The lowest BCUT2D eigenvalue weighted by Gasteiger charge is -2.24. The van der Waals surface area contributed by atoms with E-state index in [1.807, 2.05) is 38.1 Å². The summed E-state index contributed by atoms with van der Waals surface area (Å²) in [5.41, 5.74) is 0. The van der Waals surface area contributed by atoms with Crippen molar-refractivity contribution in [3.05, 3.63) is 103 Å². The summed E-state index contributed by atoms with van der Waals surface area (Å²) in [5, 5.41) is 3.75. The number of hydrogen-bond donors (Lipinski definition) is 0. The largest absolute Gasteiger partial charge is 0.340 e. The van der Waals surface area contributed by atoms with Gasteiger partial charge in [0.05, 0.1) is 5.82 Å². The molecule has 0 amide bonds. The van der Waals surface area contributed by atoms with Crippen molar-refractivity contribution in [3.63, 3.8) is 0 Å². The molecule has 0 bridgehead atoms. The predicted octanol–water partition coefficient (Wildman–Crippen LogP) is 4.21. The van der Waals surface area contributed by atoms with Crippen LogP contribution in [0.2, 0.25) is 0 Å². The quantitative estimate of drug-likeness (QED) is 0.445. The Balaban J connectivity index is 1.90. The van der Waals surface area contributed by atoms with E-state index in [1.54, 1.807) is 0 Å². The van der Waals surface area contributed by atoms with Gasteiger partial charge >= 0.3 is 0 Å². The Morgan fingerprint density at radius 3 is 1.50 bits per heavy atom. The fourth-order valence-corrected chi connectivity index (χ4v) is 7.75. The highest BCUT2D eigenvalue weighted by atomic mass is 31.2. The van der Waals surface area contributed by atoms with Crippen LogP contribution < -0.4 is 15.9 Å². The molecule has 152 valence electrons. The lowest BCUT2D eigenvalue weighted by atomic mass is 10.2. The molecule has 3 aromatic rings. The average Bonchev–Trinajstić information content (AvgIpc) is 3.10. The summed E-state index contributed by atoms with van der Waals surface area (Å²) in [6, 6.07) is 31.7. The summed E-state index contributed by atoms with van der Waals surface area (Å²) < 4.78 is 11.8. The first kappa shape index (κ1) is 20.7. The highest BCUT2D eigenvalue weighted by Gasteiger charge is 2.45. The van der Waals surface area contributed by atoms with E-state index in [0.29, 0.717) is 0 Å². The third kappa shape index (κ3) is 4.02. The number of aldehydes is 1. The molecule has 3 aromatic carbocycles. The molecule has 0 aromatic heterocycles. The first-order chi connectivity index (χ1) is 14.5. The molecule has 1 heterocycles. The van der Waals surface area contributed by atoms with Gasteiger partial charge in [0.25, 0.3) is 0 Å². The zero-order valence-electron chi connectivity index (χ0n) is 17.2. The molecular weight excluding hydrogens is 391 g/mol. The molecule has 0 saturated carbocycles. The van der Waals surface area contributed by atoms with Crippen molar-refractivity contribution >= 4 is 29.5 Å². The summed E-state index contributed by atoms with van der Waals surface area (Å²) in [5.74, 6) is 1.48. The third-order valence-electron chi connectivity index (χ3n) is 5.29. The zero-order chi connectivity index (χ0) is 21.0. The van der Waals surface area contributed by atoms with E-state index in [1.165, 1.54) is 15.9 Å². The Labute approximate surface area is 178 Å². The number of carbonyl (C=O) groups excluding carboxylic acids is 1. The number of carbonyl (C=O) groups is 1.